The first-order chi connectivity index (χ1) is 9.19. The third-order valence-corrected chi connectivity index (χ3v) is 264. The first-order valence-corrected chi connectivity index (χ1v) is 46.0. The van der Waals surface area contributed by atoms with Crippen molar-refractivity contribution < 1.29 is 65.6 Å². The van der Waals surface area contributed by atoms with Crippen molar-refractivity contribution in [3.05, 3.63) is 0 Å². The minimum atomic E-state index is -2.74. The second-order valence-electron chi connectivity index (χ2n) is 5.95. The van der Waals surface area contributed by atoms with E-state index in [4.69, 9.17) is 18.6 Å². The molecule has 0 aromatic carbocycles. The van der Waals surface area contributed by atoms with Crippen LogP contribution in [-0.4, -0.2) is 12.3 Å². The fraction of sp³-hybridized carbons (Fsp3) is 1.00. The Labute approximate surface area is 155 Å². The van der Waals surface area contributed by atoms with Crippen molar-refractivity contribution in [2.45, 2.75) is 50.0 Å². The SMILES string of the molecule is CCCC[PH][Ti]1[Ti][Ti]([CH3])([CH3])[Ti][Ti]([Cl])([Cl])([PH]CCCC)[Ti]1. The molecule has 0 radical (unpaired) electrons. The zero-order valence-corrected chi connectivity index (χ0v) is 25.9. The fourth-order valence-corrected chi connectivity index (χ4v) is 684. The molecule has 0 nitrogen and oxygen atoms in total. The molecule has 0 amide bonds. The summed E-state index contributed by atoms with van der Waals surface area (Å²) in [6.07, 6.45) is 5.86. The van der Waals surface area contributed by atoms with Crippen LogP contribution in [0.5, 0.6) is 0 Å². The maximum atomic E-state index is 7.45. The monoisotopic (exact) mass is 566 g/mol. The average Bonchev–Trinajstić information content (AvgIpc) is 2.26. The van der Waals surface area contributed by atoms with Crippen LogP contribution in [0.1, 0.15) is 39.5 Å². The molecule has 0 aliphatic carbocycles. The zero-order valence-electron chi connectivity index (χ0n) is 13.0. The molecule has 0 N–H and O–H groups in total. The van der Waals surface area contributed by atoms with E-state index >= 15 is 0 Å². The molecule has 1 aliphatic rings. The van der Waals surface area contributed by atoms with Crippen LogP contribution in [0.15, 0.2) is 0 Å². The van der Waals surface area contributed by atoms with Gasteiger partial charge < -0.3 is 0 Å². The number of hydrogen-bond acceptors (Lipinski definition) is 0. The van der Waals surface area contributed by atoms with Crippen LogP contribution in [0.25, 0.3) is 0 Å². The van der Waals surface area contributed by atoms with Crippen molar-refractivity contribution in [2.24, 2.45) is 0 Å². The summed E-state index contributed by atoms with van der Waals surface area (Å²) in [5.41, 5.74) is 0. The first-order valence-electron chi connectivity index (χ1n) is 7.50. The predicted octanol–water partition coefficient (Wildman–Crippen LogP) is 6.39. The predicted molar refractivity (Wildman–Crippen MR) is 79.6 cm³/mol. The van der Waals surface area contributed by atoms with Gasteiger partial charge >= 0.3 is 160 Å². The molecule has 0 aromatic heterocycles. The summed E-state index contributed by atoms with van der Waals surface area (Å²) < 4.78 is 0. The summed E-state index contributed by atoms with van der Waals surface area (Å²) in [5, 5.41) is 5.53. The molecular weight excluding hydrogens is 540 g/mol. The number of hydrogen-bond donors (Lipinski definition) is 0. The van der Waals surface area contributed by atoms with E-state index in [1.165, 1.54) is 38.4 Å². The molecule has 0 bridgehead atoms. The number of unbranched alkanes of at least 4 members (excludes halogenated alkanes) is 2. The van der Waals surface area contributed by atoms with Gasteiger partial charge in [0.25, 0.3) is 0 Å². The van der Waals surface area contributed by atoms with E-state index in [1.54, 1.807) is 6.16 Å². The molecular formula is C10H26Cl2P2Ti6. The summed E-state index contributed by atoms with van der Waals surface area (Å²) in [7, 11) is 13.0. The van der Waals surface area contributed by atoms with Gasteiger partial charge in [-0.25, -0.2) is 0 Å². The molecule has 1 rings (SSSR count). The molecule has 114 valence electrons. The summed E-state index contributed by atoms with van der Waals surface area (Å²) >= 11 is 1.02. The Hall–Kier alpha value is 5.73. The van der Waals surface area contributed by atoms with E-state index in [0.29, 0.717) is 12.7 Å². The summed E-state index contributed by atoms with van der Waals surface area (Å²) in [5.74, 6) is 0. The van der Waals surface area contributed by atoms with Crippen molar-refractivity contribution in [2.75, 3.05) is 12.3 Å². The van der Waals surface area contributed by atoms with Gasteiger partial charge in [0.05, 0.1) is 0 Å². The fourth-order valence-electron chi connectivity index (χ4n) is 2.23. The van der Waals surface area contributed by atoms with Gasteiger partial charge in [-0.3, -0.25) is 0 Å². The summed E-state index contributed by atoms with van der Waals surface area (Å²) in [6, 6.07) is 0. The third kappa shape index (κ3) is 9.60. The summed E-state index contributed by atoms with van der Waals surface area (Å²) in [6.45, 7) is 7.19. The van der Waals surface area contributed by atoms with Crippen LogP contribution in [-0.2, 0) is 65.6 Å². The van der Waals surface area contributed by atoms with Crippen molar-refractivity contribution in [1.29, 1.82) is 0 Å². The van der Waals surface area contributed by atoms with Crippen molar-refractivity contribution in [1.82, 2.24) is 0 Å². The van der Waals surface area contributed by atoms with E-state index in [0.717, 1.165) is 6.57 Å². The van der Waals surface area contributed by atoms with Gasteiger partial charge in [-0.05, 0) is 0 Å². The summed E-state index contributed by atoms with van der Waals surface area (Å²) in [4.78, 5) is 0. The van der Waals surface area contributed by atoms with Crippen LogP contribution in [0.2, 0.25) is 10.5 Å². The molecule has 2 unspecified atom stereocenters. The van der Waals surface area contributed by atoms with E-state index < -0.39 is 27.4 Å². The molecule has 1 fully saturated rings. The standard InChI is InChI=1S/2C4H10P.2CH3.2ClH.6Ti/c2*1-2-3-4-5;;;;;;;;;;/h2*5H,2-4H2,1H3;2*1H3;2*1H;;;;;;/q2*-1;;;;;;;;;+1;+3/p-2. The van der Waals surface area contributed by atoms with Gasteiger partial charge in [-0.15, -0.1) is 0 Å². The van der Waals surface area contributed by atoms with Crippen LogP contribution in [0, 0.1) is 0 Å². The first kappa shape index (κ1) is 23.8. The second kappa shape index (κ2) is 10.9. The molecule has 0 aromatic rings. The Bertz CT molecular complexity index is 318. The second-order valence-corrected chi connectivity index (χ2v) is 134. The quantitative estimate of drug-likeness (QED) is 0.182. The van der Waals surface area contributed by atoms with Crippen LogP contribution in [0.4, 0.5) is 0 Å². The van der Waals surface area contributed by atoms with E-state index in [1.807, 2.05) is 0 Å². The van der Waals surface area contributed by atoms with Gasteiger partial charge in [-0.2, -0.15) is 0 Å². The molecule has 10 heteroatoms. The molecule has 0 spiro atoms. The topological polar surface area (TPSA) is 0 Å². The average molecular weight is 566 g/mol. The van der Waals surface area contributed by atoms with E-state index in [9.17, 15) is 0 Å². The Morgan fingerprint density at radius 1 is 1.10 bits per heavy atom. The van der Waals surface area contributed by atoms with Crippen LogP contribution < -0.4 is 0 Å². The Morgan fingerprint density at radius 2 is 1.70 bits per heavy atom. The van der Waals surface area contributed by atoms with Crippen molar-refractivity contribution in [3.8, 4) is 0 Å². The van der Waals surface area contributed by atoms with Gasteiger partial charge in [0, 0.05) is 0 Å². The van der Waals surface area contributed by atoms with Crippen molar-refractivity contribution >= 4 is 31.8 Å². The molecule has 1 heterocycles. The van der Waals surface area contributed by atoms with Gasteiger partial charge in [0.1, 0.15) is 0 Å². The van der Waals surface area contributed by atoms with Crippen LogP contribution >= 0.6 is 31.8 Å². The van der Waals surface area contributed by atoms with Gasteiger partial charge in [-0.1, -0.05) is 0 Å². The van der Waals surface area contributed by atoms with Gasteiger partial charge in [0.15, 0.2) is 0 Å². The minimum absolute atomic E-state index is 0.194. The molecule has 0 saturated carbocycles. The molecule has 1 aliphatic heterocycles. The number of halogens is 2. The normalized spacial score (nSPS) is 25.9. The molecule has 2 atom stereocenters. The van der Waals surface area contributed by atoms with E-state index in [-0.39, 0.29) is 25.5 Å². The zero-order chi connectivity index (χ0) is 15.3. The Morgan fingerprint density at radius 3 is 2.30 bits per heavy atom. The van der Waals surface area contributed by atoms with Crippen molar-refractivity contribution in [3.63, 3.8) is 0 Å². The maximum absolute atomic E-state index is 7.45. The Balaban J connectivity index is 2.68. The van der Waals surface area contributed by atoms with Gasteiger partial charge in [0.2, 0.25) is 0 Å². The molecule has 1 saturated heterocycles. The van der Waals surface area contributed by atoms with Crippen LogP contribution in [0.3, 0.4) is 0 Å². The third-order valence-electron chi connectivity index (χ3n) is 3.11. The molecule has 20 heavy (non-hydrogen) atoms. The van der Waals surface area contributed by atoms with E-state index in [2.05, 4.69) is 24.3 Å². The Kier molecular flexibility index (Phi) is 13.0. The number of rotatable bonds is 8.